The van der Waals surface area contributed by atoms with Crippen LogP contribution in [0.25, 0.3) is 0 Å². The van der Waals surface area contributed by atoms with E-state index in [9.17, 15) is 9.90 Å². The van der Waals surface area contributed by atoms with E-state index in [1.165, 1.54) is 44.9 Å². The summed E-state index contributed by atoms with van der Waals surface area (Å²) in [4.78, 5) is 11.1. The molecule has 3 nitrogen and oxygen atoms in total. The van der Waals surface area contributed by atoms with E-state index < -0.39 is 5.97 Å². The lowest BCUT2D eigenvalue weighted by Gasteiger charge is -2.28. The predicted molar refractivity (Wildman–Crippen MR) is 81.9 cm³/mol. The van der Waals surface area contributed by atoms with Gasteiger partial charge in [-0.05, 0) is 19.3 Å². The molecule has 2 atom stereocenters. The molecule has 0 radical (unpaired) electrons. The van der Waals surface area contributed by atoms with Crippen LogP contribution in [0.2, 0.25) is 0 Å². The van der Waals surface area contributed by atoms with Crippen molar-refractivity contribution in [2.24, 2.45) is 5.92 Å². The minimum Gasteiger partial charge on any atom is -0.481 e. The highest BCUT2D eigenvalue weighted by atomic mass is 16.5. The Bertz CT molecular complexity index is 253. The van der Waals surface area contributed by atoms with Crippen molar-refractivity contribution in [1.29, 1.82) is 0 Å². The van der Waals surface area contributed by atoms with Gasteiger partial charge in [0.2, 0.25) is 0 Å². The van der Waals surface area contributed by atoms with E-state index in [1.54, 1.807) is 0 Å². The zero-order chi connectivity index (χ0) is 14.6. The van der Waals surface area contributed by atoms with Crippen molar-refractivity contribution in [3.63, 3.8) is 0 Å². The standard InChI is InChI=1S/C17H32O3/c1-2-3-4-5-6-7-8-11-14-20-16-13-10-9-12-15(16)17(18)19/h15-16H,2-14H2,1H3,(H,18,19). The van der Waals surface area contributed by atoms with Crippen LogP contribution in [0.15, 0.2) is 0 Å². The van der Waals surface area contributed by atoms with Gasteiger partial charge in [-0.15, -0.1) is 0 Å². The van der Waals surface area contributed by atoms with E-state index in [4.69, 9.17) is 4.74 Å². The summed E-state index contributed by atoms with van der Waals surface area (Å²) in [5.41, 5.74) is 0. The van der Waals surface area contributed by atoms with Gasteiger partial charge in [-0.25, -0.2) is 0 Å². The smallest absolute Gasteiger partial charge is 0.309 e. The zero-order valence-electron chi connectivity index (χ0n) is 13.1. The number of aliphatic carboxylic acids is 1. The van der Waals surface area contributed by atoms with Gasteiger partial charge in [0.25, 0.3) is 0 Å². The molecule has 0 saturated heterocycles. The van der Waals surface area contributed by atoms with Crippen molar-refractivity contribution in [3.8, 4) is 0 Å². The van der Waals surface area contributed by atoms with Gasteiger partial charge < -0.3 is 9.84 Å². The number of hydrogen-bond acceptors (Lipinski definition) is 2. The minimum absolute atomic E-state index is 0.0363. The molecule has 0 aromatic carbocycles. The average Bonchev–Trinajstić information content (AvgIpc) is 2.46. The Kier molecular flexibility index (Phi) is 9.73. The van der Waals surface area contributed by atoms with Crippen molar-refractivity contribution in [2.45, 2.75) is 90.1 Å². The largest absolute Gasteiger partial charge is 0.481 e. The summed E-state index contributed by atoms with van der Waals surface area (Å²) in [7, 11) is 0. The molecule has 0 heterocycles. The summed E-state index contributed by atoms with van der Waals surface area (Å²) < 4.78 is 5.82. The molecule has 0 spiro atoms. The van der Waals surface area contributed by atoms with E-state index in [1.807, 2.05) is 0 Å². The Morgan fingerprint density at radius 2 is 1.60 bits per heavy atom. The Morgan fingerprint density at radius 3 is 2.25 bits per heavy atom. The maximum absolute atomic E-state index is 11.1. The van der Waals surface area contributed by atoms with Gasteiger partial charge in [0.1, 0.15) is 0 Å². The molecule has 3 heteroatoms. The lowest BCUT2D eigenvalue weighted by molar-refractivity contribution is -0.149. The van der Waals surface area contributed by atoms with E-state index in [2.05, 4.69) is 6.92 Å². The molecule has 1 rings (SSSR count). The summed E-state index contributed by atoms with van der Waals surface area (Å²) in [5.74, 6) is -0.941. The number of hydrogen-bond donors (Lipinski definition) is 1. The molecule has 0 amide bonds. The topological polar surface area (TPSA) is 46.5 Å². The second-order valence-corrected chi connectivity index (χ2v) is 6.11. The summed E-state index contributed by atoms with van der Waals surface area (Å²) >= 11 is 0. The van der Waals surface area contributed by atoms with Crippen LogP contribution in [0.4, 0.5) is 0 Å². The maximum Gasteiger partial charge on any atom is 0.309 e. The molecule has 1 fully saturated rings. The van der Waals surface area contributed by atoms with Crippen LogP contribution >= 0.6 is 0 Å². The lowest BCUT2D eigenvalue weighted by Crippen LogP contribution is -2.33. The number of rotatable bonds is 11. The molecule has 0 bridgehead atoms. The monoisotopic (exact) mass is 284 g/mol. The summed E-state index contributed by atoms with van der Waals surface area (Å²) in [5, 5.41) is 9.17. The molecule has 1 aliphatic rings. The highest BCUT2D eigenvalue weighted by Gasteiger charge is 2.31. The number of unbranched alkanes of at least 4 members (excludes halogenated alkanes) is 7. The van der Waals surface area contributed by atoms with Gasteiger partial charge in [-0.3, -0.25) is 4.79 Å². The Labute approximate surface area is 124 Å². The number of carboxylic acid groups (broad SMARTS) is 1. The van der Waals surface area contributed by atoms with Gasteiger partial charge in [0, 0.05) is 6.61 Å². The van der Waals surface area contributed by atoms with Crippen molar-refractivity contribution in [3.05, 3.63) is 0 Å². The van der Waals surface area contributed by atoms with Gasteiger partial charge in [0.15, 0.2) is 0 Å². The van der Waals surface area contributed by atoms with E-state index in [0.29, 0.717) is 0 Å². The molecular weight excluding hydrogens is 252 g/mol. The first kappa shape index (κ1) is 17.5. The van der Waals surface area contributed by atoms with Gasteiger partial charge >= 0.3 is 5.97 Å². The molecule has 0 aliphatic heterocycles. The predicted octanol–water partition coefficient (Wildman–Crippen LogP) is 4.79. The van der Waals surface area contributed by atoms with Crippen molar-refractivity contribution in [1.82, 2.24) is 0 Å². The normalized spacial score (nSPS) is 22.9. The molecule has 2 unspecified atom stereocenters. The highest BCUT2D eigenvalue weighted by Crippen LogP contribution is 2.27. The SMILES string of the molecule is CCCCCCCCCCOC1CCCCC1C(=O)O. The van der Waals surface area contributed by atoms with E-state index in [-0.39, 0.29) is 12.0 Å². The second kappa shape index (κ2) is 11.1. The van der Waals surface area contributed by atoms with Gasteiger partial charge in [-0.1, -0.05) is 64.7 Å². The van der Waals surface area contributed by atoms with Crippen molar-refractivity contribution >= 4 is 5.97 Å². The molecular formula is C17H32O3. The van der Waals surface area contributed by atoms with E-state index >= 15 is 0 Å². The fourth-order valence-electron chi connectivity index (χ4n) is 3.05. The first-order valence-corrected chi connectivity index (χ1v) is 8.60. The number of ether oxygens (including phenoxy) is 1. The highest BCUT2D eigenvalue weighted by molar-refractivity contribution is 5.70. The van der Waals surface area contributed by atoms with Crippen molar-refractivity contribution < 1.29 is 14.6 Å². The lowest BCUT2D eigenvalue weighted by atomic mass is 9.86. The third-order valence-electron chi connectivity index (χ3n) is 4.35. The van der Waals surface area contributed by atoms with Crippen LogP contribution in [-0.4, -0.2) is 23.8 Å². The Morgan fingerprint density at radius 1 is 1.00 bits per heavy atom. The molecule has 0 aromatic heterocycles. The van der Waals surface area contributed by atoms with Crippen molar-refractivity contribution in [2.75, 3.05) is 6.61 Å². The second-order valence-electron chi connectivity index (χ2n) is 6.11. The fourth-order valence-corrected chi connectivity index (χ4v) is 3.05. The van der Waals surface area contributed by atoms with Crippen LogP contribution < -0.4 is 0 Å². The first-order chi connectivity index (χ1) is 9.75. The summed E-state index contributed by atoms with van der Waals surface area (Å²) in [6.07, 6.45) is 14.2. The van der Waals surface area contributed by atoms with Crippen LogP contribution in [-0.2, 0) is 9.53 Å². The van der Waals surface area contributed by atoms with Crippen LogP contribution in [0.3, 0.4) is 0 Å². The zero-order valence-corrected chi connectivity index (χ0v) is 13.1. The molecule has 20 heavy (non-hydrogen) atoms. The molecule has 0 aromatic rings. The fraction of sp³-hybridized carbons (Fsp3) is 0.941. The quantitative estimate of drug-likeness (QED) is 0.555. The maximum atomic E-state index is 11.1. The molecule has 1 saturated carbocycles. The van der Waals surface area contributed by atoms with Gasteiger partial charge in [-0.2, -0.15) is 0 Å². The number of carboxylic acids is 1. The third-order valence-corrected chi connectivity index (χ3v) is 4.35. The van der Waals surface area contributed by atoms with E-state index in [0.717, 1.165) is 38.7 Å². The molecule has 1 aliphatic carbocycles. The Balaban J connectivity index is 1.98. The van der Waals surface area contributed by atoms with Gasteiger partial charge in [0.05, 0.1) is 12.0 Å². The number of carbonyl (C=O) groups is 1. The molecule has 1 N–H and O–H groups in total. The third kappa shape index (κ3) is 7.28. The summed E-state index contributed by atoms with van der Waals surface area (Å²) in [6.45, 7) is 2.98. The van der Waals surface area contributed by atoms with Crippen LogP contribution in [0, 0.1) is 5.92 Å². The Hall–Kier alpha value is -0.570. The first-order valence-electron chi connectivity index (χ1n) is 8.60. The van der Waals surface area contributed by atoms with Crippen LogP contribution in [0.5, 0.6) is 0 Å². The van der Waals surface area contributed by atoms with Crippen LogP contribution in [0.1, 0.15) is 84.0 Å². The molecule has 118 valence electrons. The average molecular weight is 284 g/mol. The summed E-state index contributed by atoms with van der Waals surface area (Å²) in [6, 6.07) is 0. The minimum atomic E-state index is -0.675.